The molecular formula is C12H16ClF3N2O2S. The van der Waals surface area contributed by atoms with Gasteiger partial charge in [0.1, 0.15) is 0 Å². The second-order valence-electron chi connectivity index (χ2n) is 4.79. The van der Waals surface area contributed by atoms with Crippen LogP contribution in [-0.2, 0) is 16.2 Å². The number of benzene rings is 1. The third kappa shape index (κ3) is 4.09. The summed E-state index contributed by atoms with van der Waals surface area (Å²) >= 11 is 0. The van der Waals surface area contributed by atoms with Gasteiger partial charge in [0.05, 0.1) is 10.5 Å². The van der Waals surface area contributed by atoms with Crippen LogP contribution in [0.5, 0.6) is 0 Å². The predicted octanol–water partition coefficient (Wildman–Crippen LogP) is 2.24. The Kier molecular flexibility index (Phi) is 5.65. The molecular weight excluding hydrogens is 329 g/mol. The number of piperidine rings is 1. The van der Waals surface area contributed by atoms with Crippen molar-refractivity contribution in [3.63, 3.8) is 0 Å². The fraction of sp³-hybridized carbons (Fsp3) is 0.500. The summed E-state index contributed by atoms with van der Waals surface area (Å²) in [5.74, 6) is 0. The Balaban J connectivity index is 0.00000220. The predicted molar refractivity (Wildman–Crippen MR) is 74.7 cm³/mol. The van der Waals surface area contributed by atoms with E-state index in [0.717, 1.165) is 30.7 Å². The molecule has 21 heavy (non-hydrogen) atoms. The molecule has 1 aromatic rings. The van der Waals surface area contributed by atoms with E-state index in [-0.39, 0.29) is 29.9 Å². The Morgan fingerprint density at radius 1 is 1.19 bits per heavy atom. The lowest BCUT2D eigenvalue weighted by molar-refractivity contribution is -0.137. The Morgan fingerprint density at radius 3 is 2.24 bits per heavy atom. The highest BCUT2D eigenvalue weighted by atomic mass is 35.5. The number of sulfonamides is 1. The van der Waals surface area contributed by atoms with Crippen molar-refractivity contribution in [1.29, 1.82) is 0 Å². The van der Waals surface area contributed by atoms with Gasteiger partial charge in [0, 0.05) is 19.1 Å². The highest BCUT2D eigenvalue weighted by Crippen LogP contribution is 2.30. The fourth-order valence-electron chi connectivity index (χ4n) is 2.16. The van der Waals surface area contributed by atoms with Gasteiger partial charge in [-0.15, -0.1) is 12.4 Å². The second-order valence-corrected chi connectivity index (χ2v) is 6.73. The highest BCUT2D eigenvalue weighted by molar-refractivity contribution is 7.89. The smallest absolute Gasteiger partial charge is 0.327 e. The first-order chi connectivity index (χ1) is 9.21. The standard InChI is InChI=1S/C12H15F3N2O2S.ClH/c13-12(14,15)9-3-5-11(6-4-9)20(18,19)17-7-1-2-10(16)8-17;/h3-6,10H,1-2,7-8,16H2;1H/t10-;/m1./s1. The zero-order valence-electron chi connectivity index (χ0n) is 11.0. The molecule has 2 rings (SSSR count). The number of halogens is 4. The summed E-state index contributed by atoms with van der Waals surface area (Å²) in [6, 6.07) is 3.29. The number of nitrogens with two attached hydrogens (primary N) is 1. The number of rotatable bonds is 2. The van der Waals surface area contributed by atoms with Crippen molar-refractivity contribution >= 4 is 22.4 Å². The third-order valence-corrected chi connectivity index (χ3v) is 5.12. The van der Waals surface area contributed by atoms with Crippen molar-refractivity contribution < 1.29 is 21.6 Å². The van der Waals surface area contributed by atoms with E-state index < -0.39 is 21.8 Å². The SMILES string of the molecule is Cl.N[C@@H]1CCCN(S(=O)(=O)c2ccc(C(F)(F)F)cc2)C1. The molecule has 0 saturated carbocycles. The lowest BCUT2D eigenvalue weighted by atomic mass is 10.1. The molecule has 4 nitrogen and oxygen atoms in total. The topological polar surface area (TPSA) is 63.4 Å². The molecule has 2 N–H and O–H groups in total. The molecule has 0 radical (unpaired) electrons. The van der Waals surface area contributed by atoms with Crippen molar-refractivity contribution in [2.45, 2.75) is 30.0 Å². The van der Waals surface area contributed by atoms with Crippen molar-refractivity contribution in [2.24, 2.45) is 5.73 Å². The second kappa shape index (κ2) is 6.51. The van der Waals surface area contributed by atoms with E-state index >= 15 is 0 Å². The van der Waals surface area contributed by atoms with Gasteiger partial charge in [-0.05, 0) is 37.1 Å². The molecule has 0 spiro atoms. The third-order valence-electron chi connectivity index (χ3n) is 3.24. The fourth-order valence-corrected chi connectivity index (χ4v) is 3.69. The van der Waals surface area contributed by atoms with Crippen LogP contribution >= 0.6 is 12.4 Å². The number of nitrogens with zero attached hydrogens (tertiary/aromatic N) is 1. The van der Waals surface area contributed by atoms with Gasteiger partial charge in [0.15, 0.2) is 0 Å². The summed E-state index contributed by atoms with van der Waals surface area (Å²) in [6.07, 6.45) is -3.07. The van der Waals surface area contributed by atoms with Crippen LogP contribution in [0.15, 0.2) is 29.2 Å². The van der Waals surface area contributed by atoms with E-state index in [9.17, 15) is 21.6 Å². The van der Waals surface area contributed by atoms with Gasteiger partial charge >= 0.3 is 6.18 Å². The first kappa shape index (κ1) is 18.2. The first-order valence-electron chi connectivity index (χ1n) is 6.14. The Bertz CT molecular complexity index is 575. The van der Waals surface area contributed by atoms with E-state index in [1.807, 2.05) is 0 Å². The Labute approximate surface area is 127 Å². The van der Waals surface area contributed by atoms with E-state index in [2.05, 4.69) is 0 Å². The van der Waals surface area contributed by atoms with Crippen molar-refractivity contribution in [3.05, 3.63) is 29.8 Å². The van der Waals surface area contributed by atoms with Crippen LogP contribution in [-0.4, -0.2) is 31.9 Å². The van der Waals surface area contributed by atoms with Crippen LogP contribution < -0.4 is 5.73 Å². The molecule has 1 aliphatic heterocycles. The van der Waals surface area contributed by atoms with Crippen LogP contribution in [0, 0.1) is 0 Å². The molecule has 1 fully saturated rings. The van der Waals surface area contributed by atoms with Crippen LogP contribution in [0.4, 0.5) is 13.2 Å². The molecule has 1 atom stereocenters. The maximum atomic E-state index is 12.4. The summed E-state index contributed by atoms with van der Waals surface area (Å²) in [5, 5.41) is 0. The molecule has 0 aromatic heterocycles. The van der Waals surface area contributed by atoms with Crippen molar-refractivity contribution in [3.8, 4) is 0 Å². The maximum Gasteiger partial charge on any atom is 0.416 e. The summed E-state index contributed by atoms with van der Waals surface area (Å²) in [6.45, 7) is 0.542. The molecule has 0 amide bonds. The Hall–Kier alpha value is -0.830. The van der Waals surface area contributed by atoms with Gasteiger partial charge in [-0.25, -0.2) is 8.42 Å². The molecule has 0 unspecified atom stereocenters. The monoisotopic (exact) mass is 344 g/mol. The van der Waals surface area contributed by atoms with Gasteiger partial charge in [-0.3, -0.25) is 0 Å². The minimum absolute atomic E-state index is 0. The molecule has 1 aromatic carbocycles. The van der Waals surface area contributed by atoms with E-state index in [1.54, 1.807) is 0 Å². The van der Waals surface area contributed by atoms with Gasteiger partial charge in [-0.2, -0.15) is 17.5 Å². The highest BCUT2D eigenvalue weighted by Gasteiger charge is 2.32. The summed E-state index contributed by atoms with van der Waals surface area (Å²) in [7, 11) is -3.77. The van der Waals surface area contributed by atoms with Crippen LogP contribution in [0.25, 0.3) is 0 Å². The normalized spacial score (nSPS) is 20.9. The van der Waals surface area contributed by atoms with Gasteiger partial charge in [-0.1, -0.05) is 0 Å². The minimum atomic E-state index is -4.48. The number of hydrogen-bond acceptors (Lipinski definition) is 3. The van der Waals surface area contributed by atoms with Crippen molar-refractivity contribution in [2.75, 3.05) is 13.1 Å². The van der Waals surface area contributed by atoms with Gasteiger partial charge in [0.2, 0.25) is 10.0 Å². The number of alkyl halides is 3. The maximum absolute atomic E-state index is 12.4. The molecule has 120 valence electrons. The average molecular weight is 345 g/mol. The molecule has 1 saturated heterocycles. The van der Waals surface area contributed by atoms with E-state index in [4.69, 9.17) is 5.73 Å². The zero-order valence-corrected chi connectivity index (χ0v) is 12.6. The summed E-state index contributed by atoms with van der Waals surface area (Å²) in [5.41, 5.74) is 4.86. The van der Waals surface area contributed by atoms with Gasteiger partial charge in [0.25, 0.3) is 0 Å². The van der Waals surface area contributed by atoms with E-state index in [0.29, 0.717) is 13.0 Å². The van der Waals surface area contributed by atoms with Gasteiger partial charge < -0.3 is 5.73 Å². The minimum Gasteiger partial charge on any atom is -0.327 e. The molecule has 9 heteroatoms. The lowest BCUT2D eigenvalue weighted by Gasteiger charge is -2.29. The zero-order chi connectivity index (χ0) is 15.0. The van der Waals surface area contributed by atoms with Crippen LogP contribution in [0.3, 0.4) is 0 Å². The summed E-state index contributed by atoms with van der Waals surface area (Å²) < 4.78 is 63.1. The lowest BCUT2D eigenvalue weighted by Crippen LogP contribution is -2.45. The summed E-state index contributed by atoms with van der Waals surface area (Å²) in [4.78, 5) is -0.139. The van der Waals surface area contributed by atoms with E-state index in [1.165, 1.54) is 4.31 Å². The van der Waals surface area contributed by atoms with Crippen molar-refractivity contribution in [1.82, 2.24) is 4.31 Å². The Morgan fingerprint density at radius 2 is 1.76 bits per heavy atom. The average Bonchev–Trinajstić information content (AvgIpc) is 2.38. The molecule has 1 heterocycles. The number of hydrogen-bond donors (Lipinski definition) is 1. The molecule has 0 bridgehead atoms. The molecule has 0 aliphatic carbocycles. The van der Waals surface area contributed by atoms with Crippen LogP contribution in [0.2, 0.25) is 0 Å². The van der Waals surface area contributed by atoms with Crippen LogP contribution in [0.1, 0.15) is 18.4 Å². The largest absolute Gasteiger partial charge is 0.416 e. The quantitative estimate of drug-likeness (QED) is 0.895. The first-order valence-corrected chi connectivity index (χ1v) is 7.58. The molecule has 1 aliphatic rings.